The summed E-state index contributed by atoms with van der Waals surface area (Å²) >= 11 is 0. The van der Waals surface area contributed by atoms with Crippen LogP contribution in [0.4, 0.5) is 0 Å². The Morgan fingerprint density at radius 2 is 1.61 bits per heavy atom. The van der Waals surface area contributed by atoms with E-state index in [4.69, 9.17) is 0 Å². The van der Waals surface area contributed by atoms with Crippen molar-refractivity contribution in [3.05, 3.63) is 11.8 Å². The van der Waals surface area contributed by atoms with Crippen molar-refractivity contribution in [1.29, 1.82) is 0 Å². The molecule has 0 rings (SSSR count). The van der Waals surface area contributed by atoms with Crippen LogP contribution in [0.1, 0.15) is 54.4 Å². The average Bonchev–Trinajstić information content (AvgIpc) is 2.26. The molecule has 0 saturated heterocycles. The summed E-state index contributed by atoms with van der Waals surface area (Å²) in [5, 5.41) is 4.30. The van der Waals surface area contributed by atoms with Crippen LogP contribution in [0.5, 0.6) is 0 Å². The molecular formula is C16H34N2. The Hall–Kier alpha value is -0.500. The fourth-order valence-corrected chi connectivity index (χ4v) is 2.29. The lowest BCUT2D eigenvalue weighted by molar-refractivity contribution is 0.109. The van der Waals surface area contributed by atoms with Gasteiger partial charge in [0, 0.05) is 27.3 Å². The van der Waals surface area contributed by atoms with Crippen LogP contribution in [-0.2, 0) is 0 Å². The zero-order chi connectivity index (χ0) is 14.5. The van der Waals surface area contributed by atoms with E-state index in [1.54, 1.807) is 5.57 Å². The lowest BCUT2D eigenvalue weighted by Gasteiger charge is -2.38. The number of hydrogen-bond donors (Lipinski definition) is 0. The first kappa shape index (κ1) is 17.5. The fraction of sp³-hybridized carbons (Fsp3) is 0.875. The molecule has 2 heteroatoms. The van der Waals surface area contributed by atoms with Crippen molar-refractivity contribution in [2.75, 3.05) is 21.1 Å². The molecule has 0 aromatic rings. The zero-order valence-corrected chi connectivity index (χ0v) is 14.0. The van der Waals surface area contributed by atoms with Gasteiger partial charge in [-0.15, -0.1) is 0 Å². The zero-order valence-electron chi connectivity index (χ0n) is 14.0. The molecule has 1 unspecified atom stereocenters. The molecule has 0 radical (unpaired) electrons. The minimum Gasteiger partial charge on any atom is -0.317 e. The van der Waals surface area contributed by atoms with Gasteiger partial charge in [0.1, 0.15) is 0 Å². The minimum atomic E-state index is 0.258. The Labute approximate surface area is 115 Å². The van der Waals surface area contributed by atoms with E-state index in [2.05, 4.69) is 78.9 Å². The molecule has 0 aliphatic heterocycles. The second-order valence-electron chi connectivity index (χ2n) is 6.58. The Morgan fingerprint density at radius 3 is 1.94 bits per heavy atom. The standard InChI is InChI=1S/C16H34N2/c1-10-11-15(12-18(9)17(7)8)16(5,6)14(4)13(2)3/h12-14H,10-11H2,1-9H3/b15-12+. The van der Waals surface area contributed by atoms with Crippen LogP contribution in [0.25, 0.3) is 0 Å². The quantitative estimate of drug-likeness (QED) is 0.621. The van der Waals surface area contributed by atoms with Gasteiger partial charge in [-0.05, 0) is 29.2 Å². The van der Waals surface area contributed by atoms with Crippen molar-refractivity contribution >= 4 is 0 Å². The number of hydrazine groups is 1. The summed E-state index contributed by atoms with van der Waals surface area (Å²) in [5.74, 6) is 1.40. The van der Waals surface area contributed by atoms with Gasteiger partial charge < -0.3 is 5.01 Å². The molecule has 0 aromatic heterocycles. The molecule has 1 atom stereocenters. The van der Waals surface area contributed by atoms with Crippen LogP contribution in [0.3, 0.4) is 0 Å². The van der Waals surface area contributed by atoms with Gasteiger partial charge in [0.2, 0.25) is 0 Å². The van der Waals surface area contributed by atoms with Crippen LogP contribution >= 0.6 is 0 Å². The van der Waals surface area contributed by atoms with Crippen LogP contribution < -0.4 is 0 Å². The van der Waals surface area contributed by atoms with E-state index in [1.165, 1.54) is 12.8 Å². The highest BCUT2D eigenvalue weighted by Gasteiger charge is 2.31. The van der Waals surface area contributed by atoms with Crippen molar-refractivity contribution in [3.8, 4) is 0 Å². The second-order valence-corrected chi connectivity index (χ2v) is 6.58. The monoisotopic (exact) mass is 254 g/mol. The molecule has 0 heterocycles. The van der Waals surface area contributed by atoms with Crippen LogP contribution in [0, 0.1) is 17.3 Å². The fourth-order valence-electron chi connectivity index (χ4n) is 2.29. The largest absolute Gasteiger partial charge is 0.317 e. The molecule has 0 N–H and O–H groups in total. The third-order valence-corrected chi connectivity index (χ3v) is 4.46. The summed E-state index contributed by atoms with van der Waals surface area (Å²) in [6.45, 7) is 14.1. The maximum Gasteiger partial charge on any atom is 0.0227 e. The maximum absolute atomic E-state index is 2.39. The average molecular weight is 254 g/mol. The molecule has 18 heavy (non-hydrogen) atoms. The Balaban J connectivity index is 5.20. The predicted molar refractivity (Wildman–Crippen MR) is 82.2 cm³/mol. The number of allylic oxidation sites excluding steroid dienone is 1. The number of nitrogens with zero attached hydrogens (tertiary/aromatic N) is 2. The SMILES string of the molecule is CCC/C(=C\N(C)N(C)C)C(C)(C)C(C)C(C)C. The summed E-state index contributed by atoms with van der Waals surface area (Å²) < 4.78 is 0. The molecule has 0 aliphatic carbocycles. The Morgan fingerprint density at radius 1 is 1.11 bits per heavy atom. The van der Waals surface area contributed by atoms with Gasteiger partial charge in [-0.25, -0.2) is 5.01 Å². The Bertz CT molecular complexity index is 264. The van der Waals surface area contributed by atoms with Gasteiger partial charge in [0.25, 0.3) is 0 Å². The van der Waals surface area contributed by atoms with Gasteiger partial charge in [0.15, 0.2) is 0 Å². The molecule has 0 saturated carbocycles. The van der Waals surface area contributed by atoms with Gasteiger partial charge in [-0.3, -0.25) is 0 Å². The first-order valence-electron chi connectivity index (χ1n) is 7.25. The predicted octanol–water partition coefficient (Wildman–Crippen LogP) is 4.40. The smallest absolute Gasteiger partial charge is 0.0227 e. The van der Waals surface area contributed by atoms with E-state index in [9.17, 15) is 0 Å². The topological polar surface area (TPSA) is 6.48 Å². The summed E-state index contributed by atoms with van der Waals surface area (Å²) in [6.07, 6.45) is 4.71. The molecule has 2 nitrogen and oxygen atoms in total. The van der Waals surface area contributed by atoms with Gasteiger partial charge in [-0.2, -0.15) is 0 Å². The molecule has 0 bridgehead atoms. The van der Waals surface area contributed by atoms with E-state index in [0.29, 0.717) is 11.8 Å². The van der Waals surface area contributed by atoms with Crippen LogP contribution in [0.15, 0.2) is 11.8 Å². The van der Waals surface area contributed by atoms with Gasteiger partial charge in [0.05, 0.1) is 0 Å². The third kappa shape index (κ3) is 4.64. The van der Waals surface area contributed by atoms with Crippen molar-refractivity contribution in [1.82, 2.24) is 10.0 Å². The first-order valence-corrected chi connectivity index (χ1v) is 7.25. The van der Waals surface area contributed by atoms with Gasteiger partial charge >= 0.3 is 0 Å². The minimum absolute atomic E-state index is 0.258. The van der Waals surface area contributed by atoms with E-state index in [1.807, 2.05) is 0 Å². The highest BCUT2D eigenvalue weighted by molar-refractivity contribution is 5.13. The molecule has 0 fully saturated rings. The van der Waals surface area contributed by atoms with E-state index >= 15 is 0 Å². The van der Waals surface area contributed by atoms with E-state index in [0.717, 1.165) is 0 Å². The molecule has 0 spiro atoms. The van der Waals surface area contributed by atoms with Gasteiger partial charge in [-0.1, -0.05) is 48.0 Å². The highest BCUT2D eigenvalue weighted by Crippen LogP contribution is 2.41. The summed E-state index contributed by atoms with van der Waals surface area (Å²) in [7, 11) is 6.28. The summed E-state index contributed by atoms with van der Waals surface area (Å²) in [5.41, 5.74) is 1.82. The van der Waals surface area contributed by atoms with Crippen molar-refractivity contribution in [2.24, 2.45) is 17.3 Å². The van der Waals surface area contributed by atoms with Crippen molar-refractivity contribution in [3.63, 3.8) is 0 Å². The molecule has 108 valence electrons. The van der Waals surface area contributed by atoms with Crippen molar-refractivity contribution < 1.29 is 0 Å². The highest BCUT2D eigenvalue weighted by atomic mass is 15.6. The lowest BCUT2D eigenvalue weighted by atomic mass is 9.68. The van der Waals surface area contributed by atoms with E-state index < -0.39 is 0 Å². The van der Waals surface area contributed by atoms with Crippen LogP contribution in [-0.4, -0.2) is 31.2 Å². The third-order valence-electron chi connectivity index (χ3n) is 4.46. The molecule has 0 amide bonds. The van der Waals surface area contributed by atoms with Crippen LogP contribution in [0.2, 0.25) is 0 Å². The summed E-state index contributed by atoms with van der Waals surface area (Å²) in [4.78, 5) is 0. The number of hydrogen-bond acceptors (Lipinski definition) is 2. The second kappa shape index (κ2) is 7.18. The molecular weight excluding hydrogens is 220 g/mol. The number of rotatable bonds is 7. The Kier molecular flexibility index (Phi) is 6.98. The molecule has 0 aliphatic rings. The first-order chi connectivity index (χ1) is 8.14. The summed E-state index contributed by atoms with van der Waals surface area (Å²) in [6, 6.07) is 0. The van der Waals surface area contributed by atoms with E-state index in [-0.39, 0.29) is 5.41 Å². The lowest BCUT2D eigenvalue weighted by Crippen LogP contribution is -2.33. The van der Waals surface area contributed by atoms with Crippen molar-refractivity contribution in [2.45, 2.75) is 54.4 Å². The maximum atomic E-state index is 2.39. The molecule has 0 aromatic carbocycles. The normalized spacial score (nSPS) is 15.4.